The minimum atomic E-state index is -0.533. The van der Waals surface area contributed by atoms with Crippen molar-refractivity contribution in [2.45, 2.75) is 36.9 Å². The third-order valence-electron chi connectivity index (χ3n) is 2.77. The summed E-state index contributed by atoms with van der Waals surface area (Å²) in [5.74, 6) is 0. The van der Waals surface area contributed by atoms with Crippen molar-refractivity contribution in [2.24, 2.45) is 0 Å². The summed E-state index contributed by atoms with van der Waals surface area (Å²) in [7, 11) is 0. The van der Waals surface area contributed by atoms with E-state index in [1.807, 2.05) is 0 Å². The number of ether oxygens (including phenoxy) is 2. The van der Waals surface area contributed by atoms with Gasteiger partial charge in [0.2, 0.25) is 0 Å². The molecule has 82 valence electrons. The van der Waals surface area contributed by atoms with Gasteiger partial charge in [-0.05, 0) is 25.7 Å². The lowest BCUT2D eigenvalue weighted by molar-refractivity contribution is -0.0291. The molecule has 0 aromatic rings. The average molecular weight is 202 g/mol. The van der Waals surface area contributed by atoms with Gasteiger partial charge >= 0.3 is 0 Å². The van der Waals surface area contributed by atoms with Gasteiger partial charge < -0.3 is 19.7 Å². The van der Waals surface area contributed by atoms with Gasteiger partial charge in [0.15, 0.2) is 0 Å². The van der Waals surface area contributed by atoms with Crippen LogP contribution >= 0.6 is 0 Å². The molecule has 0 radical (unpaired) electrons. The first-order valence-electron chi connectivity index (χ1n) is 5.22. The van der Waals surface area contributed by atoms with Gasteiger partial charge in [-0.1, -0.05) is 0 Å². The van der Waals surface area contributed by atoms with Gasteiger partial charge in [0.1, 0.15) is 0 Å². The zero-order valence-corrected chi connectivity index (χ0v) is 8.37. The second kappa shape index (κ2) is 3.77. The maximum absolute atomic E-state index is 9.42. The van der Waals surface area contributed by atoms with Crippen molar-refractivity contribution in [1.82, 2.24) is 0 Å². The van der Waals surface area contributed by atoms with Crippen molar-refractivity contribution in [3.63, 3.8) is 0 Å². The van der Waals surface area contributed by atoms with Gasteiger partial charge in [-0.3, -0.25) is 0 Å². The van der Waals surface area contributed by atoms with E-state index in [2.05, 4.69) is 0 Å². The maximum atomic E-state index is 9.42. The second-order valence-corrected chi connectivity index (χ2v) is 4.55. The summed E-state index contributed by atoms with van der Waals surface area (Å²) >= 11 is 0. The molecule has 4 nitrogen and oxygen atoms in total. The topological polar surface area (TPSA) is 58.9 Å². The van der Waals surface area contributed by atoms with Crippen LogP contribution in [0.25, 0.3) is 0 Å². The monoisotopic (exact) mass is 202 g/mol. The summed E-state index contributed by atoms with van der Waals surface area (Å²) in [4.78, 5) is 0. The first-order valence-corrected chi connectivity index (χ1v) is 5.22. The van der Waals surface area contributed by atoms with E-state index < -0.39 is 11.2 Å². The lowest BCUT2D eigenvalue weighted by Crippen LogP contribution is -2.21. The van der Waals surface area contributed by atoms with Gasteiger partial charge in [0.05, 0.1) is 37.6 Å². The van der Waals surface area contributed by atoms with Gasteiger partial charge in [0, 0.05) is 0 Å². The molecule has 0 spiro atoms. The van der Waals surface area contributed by atoms with Crippen LogP contribution in [0.2, 0.25) is 0 Å². The van der Waals surface area contributed by atoms with E-state index in [1.165, 1.54) is 0 Å². The van der Waals surface area contributed by atoms with Crippen LogP contribution in [0.1, 0.15) is 25.7 Å². The number of aliphatic hydroxyl groups is 2. The molecule has 0 saturated heterocycles. The van der Waals surface area contributed by atoms with E-state index in [9.17, 15) is 10.2 Å². The van der Waals surface area contributed by atoms with Crippen LogP contribution in [-0.2, 0) is 9.47 Å². The fraction of sp³-hybridized carbons (Fsp3) is 1.00. The number of hydrogen-bond acceptors (Lipinski definition) is 4. The molecule has 0 atom stereocenters. The highest BCUT2D eigenvalue weighted by molar-refractivity contribution is 4.93. The summed E-state index contributed by atoms with van der Waals surface area (Å²) in [6, 6.07) is 0. The molecule has 0 aromatic heterocycles. The normalized spacial score (nSPS) is 26.1. The van der Waals surface area contributed by atoms with Gasteiger partial charge in [-0.15, -0.1) is 0 Å². The Kier molecular flexibility index (Phi) is 2.79. The summed E-state index contributed by atoms with van der Waals surface area (Å²) in [5.41, 5.74) is -1.07. The van der Waals surface area contributed by atoms with Crippen molar-refractivity contribution in [2.75, 3.05) is 26.4 Å². The van der Waals surface area contributed by atoms with Gasteiger partial charge in [-0.2, -0.15) is 0 Å². The SMILES string of the molecule is OC1(COCCOCC2(O)CC2)CC1. The second-order valence-electron chi connectivity index (χ2n) is 4.55. The Labute approximate surface area is 83.8 Å². The minimum absolute atomic E-state index is 0.417. The highest BCUT2D eigenvalue weighted by atomic mass is 16.5. The predicted octanol–water partition coefficient (Wildman–Crippen LogP) is 0.0694. The van der Waals surface area contributed by atoms with E-state index >= 15 is 0 Å². The molecule has 0 amide bonds. The molecular weight excluding hydrogens is 184 g/mol. The number of rotatable bonds is 7. The van der Waals surface area contributed by atoms with Crippen LogP contribution in [0.3, 0.4) is 0 Å². The lowest BCUT2D eigenvalue weighted by atomic mass is 10.4. The first kappa shape index (κ1) is 10.4. The van der Waals surface area contributed by atoms with E-state index in [0.717, 1.165) is 25.7 Å². The Morgan fingerprint density at radius 2 is 1.14 bits per heavy atom. The molecule has 14 heavy (non-hydrogen) atoms. The van der Waals surface area contributed by atoms with Crippen molar-refractivity contribution in [3.05, 3.63) is 0 Å². The molecule has 0 bridgehead atoms. The molecule has 2 aliphatic carbocycles. The molecule has 2 aliphatic rings. The molecule has 0 unspecified atom stereocenters. The van der Waals surface area contributed by atoms with Crippen LogP contribution in [-0.4, -0.2) is 47.8 Å². The van der Waals surface area contributed by atoms with Crippen LogP contribution in [0.5, 0.6) is 0 Å². The fourth-order valence-corrected chi connectivity index (χ4v) is 1.22. The molecule has 2 saturated carbocycles. The Balaban J connectivity index is 1.40. The lowest BCUT2D eigenvalue weighted by Gasteiger charge is -2.10. The third kappa shape index (κ3) is 3.20. The Morgan fingerprint density at radius 3 is 1.43 bits per heavy atom. The van der Waals surface area contributed by atoms with Crippen molar-refractivity contribution in [3.8, 4) is 0 Å². The van der Waals surface area contributed by atoms with Crippen LogP contribution < -0.4 is 0 Å². The van der Waals surface area contributed by atoms with Gasteiger partial charge in [-0.25, -0.2) is 0 Å². The molecule has 0 heterocycles. The molecule has 2 N–H and O–H groups in total. The fourth-order valence-electron chi connectivity index (χ4n) is 1.22. The molecule has 0 aliphatic heterocycles. The Hall–Kier alpha value is -0.160. The summed E-state index contributed by atoms with van der Waals surface area (Å²) in [6.45, 7) is 1.83. The van der Waals surface area contributed by atoms with E-state index in [-0.39, 0.29) is 0 Å². The highest BCUT2D eigenvalue weighted by Crippen LogP contribution is 2.35. The maximum Gasteiger partial charge on any atom is 0.0882 e. The number of hydrogen-bond donors (Lipinski definition) is 2. The van der Waals surface area contributed by atoms with E-state index in [1.54, 1.807) is 0 Å². The predicted molar refractivity (Wildman–Crippen MR) is 50.0 cm³/mol. The standard InChI is InChI=1S/C10H18O4/c11-9(1-2-9)7-13-5-6-14-8-10(12)3-4-10/h11-12H,1-8H2. The third-order valence-corrected chi connectivity index (χ3v) is 2.77. The zero-order valence-electron chi connectivity index (χ0n) is 8.37. The van der Waals surface area contributed by atoms with Crippen molar-refractivity contribution < 1.29 is 19.7 Å². The molecule has 0 aromatic carbocycles. The first-order chi connectivity index (χ1) is 6.62. The van der Waals surface area contributed by atoms with Crippen molar-refractivity contribution >= 4 is 0 Å². The van der Waals surface area contributed by atoms with Gasteiger partial charge in [0.25, 0.3) is 0 Å². The zero-order chi connectivity index (χ0) is 10.1. The molecule has 2 fully saturated rings. The Morgan fingerprint density at radius 1 is 0.786 bits per heavy atom. The van der Waals surface area contributed by atoms with Crippen LogP contribution in [0.15, 0.2) is 0 Å². The minimum Gasteiger partial charge on any atom is -0.387 e. The molecule has 2 rings (SSSR count). The molecular formula is C10H18O4. The van der Waals surface area contributed by atoms with E-state index in [0.29, 0.717) is 26.4 Å². The summed E-state index contributed by atoms with van der Waals surface area (Å²) in [6.07, 6.45) is 3.42. The van der Waals surface area contributed by atoms with Crippen molar-refractivity contribution in [1.29, 1.82) is 0 Å². The average Bonchev–Trinajstić information content (AvgIpc) is 3.02. The quantitative estimate of drug-likeness (QED) is 0.574. The summed E-state index contributed by atoms with van der Waals surface area (Å²) in [5, 5.41) is 18.8. The Bertz CT molecular complexity index is 174. The van der Waals surface area contributed by atoms with Crippen LogP contribution in [0.4, 0.5) is 0 Å². The smallest absolute Gasteiger partial charge is 0.0882 e. The van der Waals surface area contributed by atoms with E-state index in [4.69, 9.17) is 9.47 Å². The largest absolute Gasteiger partial charge is 0.387 e. The highest BCUT2D eigenvalue weighted by Gasteiger charge is 2.41. The molecule has 4 heteroatoms. The summed E-state index contributed by atoms with van der Waals surface area (Å²) < 4.78 is 10.5. The van der Waals surface area contributed by atoms with Crippen LogP contribution in [0, 0.1) is 0 Å².